The molecular weight excluding hydrogens is 446 g/mol. The van der Waals surface area contributed by atoms with Crippen LogP contribution in [0.25, 0.3) is 22.0 Å². The third-order valence-corrected chi connectivity index (χ3v) is 7.17. The van der Waals surface area contributed by atoms with Gasteiger partial charge in [0.1, 0.15) is 10.8 Å². The Balaban J connectivity index is 1.57. The Labute approximate surface area is 205 Å². The van der Waals surface area contributed by atoms with Crippen LogP contribution >= 0.6 is 11.5 Å². The molecule has 34 heavy (non-hydrogen) atoms. The Morgan fingerprint density at radius 3 is 2.65 bits per heavy atom. The molecule has 1 fully saturated rings. The Hall–Kier alpha value is -2.77. The van der Waals surface area contributed by atoms with Crippen LogP contribution in [0.15, 0.2) is 36.4 Å². The van der Waals surface area contributed by atoms with E-state index in [0.29, 0.717) is 5.92 Å². The number of aliphatic carboxylic acids is 1. The van der Waals surface area contributed by atoms with Crippen molar-refractivity contribution in [2.45, 2.75) is 59.0 Å². The van der Waals surface area contributed by atoms with E-state index in [-0.39, 0.29) is 12.6 Å². The molecular formula is C27H33N3O3S. The van der Waals surface area contributed by atoms with Crippen molar-refractivity contribution in [1.29, 1.82) is 0 Å². The quantitative estimate of drug-likeness (QED) is 0.440. The van der Waals surface area contributed by atoms with Gasteiger partial charge in [0.25, 0.3) is 0 Å². The zero-order valence-corrected chi connectivity index (χ0v) is 21.2. The van der Waals surface area contributed by atoms with Gasteiger partial charge in [0.2, 0.25) is 0 Å². The monoisotopic (exact) mass is 479 g/mol. The zero-order valence-electron chi connectivity index (χ0n) is 20.4. The number of carboxylic acid groups (broad SMARTS) is 1. The molecule has 1 aliphatic rings. The maximum absolute atomic E-state index is 11.0. The summed E-state index contributed by atoms with van der Waals surface area (Å²) in [5.74, 6) is 1.37. The van der Waals surface area contributed by atoms with Gasteiger partial charge in [0, 0.05) is 11.1 Å². The second kappa shape index (κ2) is 10.7. The van der Waals surface area contributed by atoms with Gasteiger partial charge in [-0.25, -0.2) is 4.98 Å². The number of hydrogen-bond donors (Lipinski definition) is 1. The fourth-order valence-corrected chi connectivity index (χ4v) is 5.48. The van der Waals surface area contributed by atoms with E-state index >= 15 is 0 Å². The summed E-state index contributed by atoms with van der Waals surface area (Å²) in [6.45, 7) is 10.1. The summed E-state index contributed by atoms with van der Waals surface area (Å²) in [6.07, 6.45) is 3.00. The molecule has 0 spiro atoms. The summed E-state index contributed by atoms with van der Waals surface area (Å²) >= 11 is 1.43. The van der Waals surface area contributed by atoms with Crippen LogP contribution in [0.5, 0.6) is 5.75 Å². The van der Waals surface area contributed by atoms with Gasteiger partial charge in [0.05, 0.1) is 12.6 Å². The smallest absolute Gasteiger partial charge is 0.317 e. The fourth-order valence-electron chi connectivity index (χ4n) is 4.80. The molecule has 2 aromatic carbocycles. The van der Waals surface area contributed by atoms with Crippen molar-refractivity contribution < 1.29 is 14.6 Å². The first-order chi connectivity index (χ1) is 16.4. The largest absolute Gasteiger partial charge is 0.491 e. The lowest BCUT2D eigenvalue weighted by Crippen LogP contribution is -2.36. The summed E-state index contributed by atoms with van der Waals surface area (Å²) in [5, 5.41) is 9.99. The Bertz CT molecular complexity index is 1150. The third kappa shape index (κ3) is 5.47. The second-order valence-corrected chi connectivity index (χ2v) is 9.99. The molecule has 1 N–H and O–H groups in total. The minimum atomic E-state index is -0.752. The summed E-state index contributed by atoms with van der Waals surface area (Å²) in [6, 6.07) is 12.6. The first-order valence-corrected chi connectivity index (χ1v) is 12.8. The van der Waals surface area contributed by atoms with Crippen molar-refractivity contribution in [3.8, 4) is 27.7 Å². The molecule has 0 saturated carbocycles. The molecule has 0 amide bonds. The molecule has 0 atom stereocenters. The number of benzene rings is 2. The lowest BCUT2D eigenvalue weighted by Gasteiger charge is -2.32. The molecule has 0 radical (unpaired) electrons. The van der Waals surface area contributed by atoms with Crippen LogP contribution in [0.3, 0.4) is 0 Å². The number of rotatable bonds is 8. The highest BCUT2D eigenvalue weighted by Crippen LogP contribution is 2.36. The van der Waals surface area contributed by atoms with Crippen LogP contribution < -0.4 is 4.74 Å². The van der Waals surface area contributed by atoms with Crippen LogP contribution in [0.1, 0.15) is 56.2 Å². The standard InChI is InChI=1S/C27H33N3O3S/c1-5-21-22(19-11-13-30(14-12-19)16-25(31)32)7-6-8-23(21)26-28-27(34-29-26)20-9-10-24(18(4)15-20)33-17(2)3/h6-10,15,17,19H,5,11-14,16H2,1-4H3,(H,31,32). The second-order valence-electron chi connectivity index (χ2n) is 9.24. The molecule has 0 unspecified atom stereocenters. The predicted molar refractivity (Wildman–Crippen MR) is 137 cm³/mol. The van der Waals surface area contributed by atoms with Gasteiger partial charge in [-0.2, -0.15) is 4.37 Å². The van der Waals surface area contributed by atoms with Crippen LogP contribution in [0.4, 0.5) is 0 Å². The van der Waals surface area contributed by atoms with E-state index in [4.69, 9.17) is 19.2 Å². The zero-order chi connectivity index (χ0) is 24.2. The van der Waals surface area contributed by atoms with Gasteiger partial charge in [-0.3, -0.25) is 9.69 Å². The number of likely N-dealkylation sites (tertiary alicyclic amines) is 1. The SMILES string of the molecule is CCc1c(-c2nsc(-c3ccc(OC(C)C)c(C)c3)n2)cccc1C1CCN(CC(=O)O)CC1. The summed E-state index contributed by atoms with van der Waals surface area (Å²) < 4.78 is 10.6. The third-order valence-electron chi connectivity index (χ3n) is 6.40. The van der Waals surface area contributed by atoms with Crippen molar-refractivity contribution in [3.05, 3.63) is 53.1 Å². The maximum Gasteiger partial charge on any atom is 0.317 e. The highest BCUT2D eigenvalue weighted by molar-refractivity contribution is 7.09. The van der Waals surface area contributed by atoms with Crippen molar-refractivity contribution in [1.82, 2.24) is 14.3 Å². The fraction of sp³-hybridized carbons (Fsp3) is 0.444. The van der Waals surface area contributed by atoms with Crippen molar-refractivity contribution in [2.24, 2.45) is 0 Å². The molecule has 4 rings (SSSR count). The lowest BCUT2D eigenvalue weighted by molar-refractivity contribution is -0.138. The molecule has 1 saturated heterocycles. The normalized spacial score (nSPS) is 15.1. The van der Waals surface area contributed by atoms with Crippen LogP contribution in [-0.2, 0) is 11.2 Å². The maximum atomic E-state index is 11.0. The number of ether oxygens (including phenoxy) is 1. The molecule has 1 aromatic heterocycles. The first-order valence-electron chi connectivity index (χ1n) is 12.0. The Morgan fingerprint density at radius 1 is 1.24 bits per heavy atom. The highest BCUT2D eigenvalue weighted by atomic mass is 32.1. The summed E-state index contributed by atoms with van der Waals surface area (Å²) in [5.41, 5.74) is 5.91. The topological polar surface area (TPSA) is 75.6 Å². The van der Waals surface area contributed by atoms with Gasteiger partial charge in [0.15, 0.2) is 5.82 Å². The van der Waals surface area contributed by atoms with Gasteiger partial charge in [-0.15, -0.1) is 0 Å². The number of hydrogen-bond acceptors (Lipinski definition) is 6. The first kappa shape index (κ1) is 24.4. The van der Waals surface area contributed by atoms with Gasteiger partial charge in [-0.05, 0) is 105 Å². The minimum Gasteiger partial charge on any atom is -0.491 e. The highest BCUT2D eigenvalue weighted by Gasteiger charge is 2.25. The number of carboxylic acids is 1. The van der Waals surface area contributed by atoms with Crippen LogP contribution in [0.2, 0.25) is 0 Å². The van der Waals surface area contributed by atoms with Crippen molar-refractivity contribution >= 4 is 17.5 Å². The van der Waals surface area contributed by atoms with E-state index < -0.39 is 5.97 Å². The average Bonchev–Trinajstić information content (AvgIpc) is 3.30. The van der Waals surface area contributed by atoms with E-state index in [1.54, 1.807) is 0 Å². The molecule has 1 aliphatic heterocycles. The van der Waals surface area contributed by atoms with Gasteiger partial charge in [-0.1, -0.05) is 25.1 Å². The number of piperidine rings is 1. The molecule has 180 valence electrons. The Kier molecular flexibility index (Phi) is 7.63. The molecule has 3 aromatic rings. The van der Waals surface area contributed by atoms with E-state index in [2.05, 4.69) is 44.2 Å². The van der Waals surface area contributed by atoms with E-state index in [9.17, 15) is 4.79 Å². The number of aryl methyl sites for hydroxylation is 1. The average molecular weight is 480 g/mol. The van der Waals surface area contributed by atoms with E-state index in [1.807, 2.05) is 24.8 Å². The van der Waals surface area contributed by atoms with Gasteiger partial charge < -0.3 is 9.84 Å². The number of aromatic nitrogens is 2. The number of carbonyl (C=O) groups is 1. The summed E-state index contributed by atoms with van der Waals surface area (Å²) in [4.78, 5) is 18.0. The minimum absolute atomic E-state index is 0.128. The van der Waals surface area contributed by atoms with Gasteiger partial charge >= 0.3 is 5.97 Å². The van der Waals surface area contributed by atoms with E-state index in [1.165, 1.54) is 22.7 Å². The molecule has 0 aliphatic carbocycles. The number of nitrogens with zero attached hydrogens (tertiary/aromatic N) is 3. The molecule has 2 heterocycles. The molecule has 0 bridgehead atoms. The van der Waals surface area contributed by atoms with Crippen LogP contribution in [0, 0.1) is 6.92 Å². The van der Waals surface area contributed by atoms with E-state index in [0.717, 1.165) is 65.6 Å². The summed E-state index contributed by atoms with van der Waals surface area (Å²) in [7, 11) is 0. The van der Waals surface area contributed by atoms with Crippen molar-refractivity contribution in [2.75, 3.05) is 19.6 Å². The van der Waals surface area contributed by atoms with Crippen LogP contribution in [-0.4, -0.2) is 51.1 Å². The predicted octanol–water partition coefficient (Wildman–Crippen LogP) is 5.79. The molecule has 6 nitrogen and oxygen atoms in total. The van der Waals surface area contributed by atoms with Crippen molar-refractivity contribution in [3.63, 3.8) is 0 Å². The lowest BCUT2D eigenvalue weighted by atomic mass is 9.84. The molecule has 7 heteroatoms. The Morgan fingerprint density at radius 2 is 2.00 bits per heavy atom.